The Morgan fingerprint density at radius 1 is 1.65 bits per heavy atom. The molecule has 0 saturated carbocycles. The third-order valence-electron chi connectivity index (χ3n) is 2.86. The van der Waals surface area contributed by atoms with Gasteiger partial charge in [-0.15, -0.1) is 0 Å². The number of nitrogens with zero attached hydrogens (tertiary/aromatic N) is 2. The minimum absolute atomic E-state index is 0.0629. The molecule has 2 rings (SSSR count). The maximum atomic E-state index is 12.2. The Labute approximate surface area is 111 Å². The SMILES string of the molecule is CCC1CN(C(=O)c2ccc(Cl)nc2)CCS1. The van der Waals surface area contributed by atoms with Crippen molar-refractivity contribution in [2.45, 2.75) is 18.6 Å². The average molecular weight is 271 g/mol. The van der Waals surface area contributed by atoms with Gasteiger partial charge < -0.3 is 4.90 Å². The number of thioether (sulfide) groups is 1. The van der Waals surface area contributed by atoms with Gasteiger partial charge in [0.1, 0.15) is 5.15 Å². The molecule has 0 N–H and O–H groups in total. The van der Waals surface area contributed by atoms with Crippen LogP contribution >= 0.6 is 23.4 Å². The molecule has 17 heavy (non-hydrogen) atoms. The van der Waals surface area contributed by atoms with Crippen LogP contribution in [-0.2, 0) is 0 Å². The van der Waals surface area contributed by atoms with Crippen molar-refractivity contribution < 1.29 is 4.79 Å². The molecule has 0 spiro atoms. The van der Waals surface area contributed by atoms with E-state index in [0.29, 0.717) is 16.0 Å². The van der Waals surface area contributed by atoms with Crippen molar-refractivity contribution >= 4 is 29.3 Å². The minimum atomic E-state index is 0.0629. The third kappa shape index (κ3) is 3.13. The number of hydrogen-bond acceptors (Lipinski definition) is 3. The number of amides is 1. The van der Waals surface area contributed by atoms with E-state index in [4.69, 9.17) is 11.6 Å². The van der Waals surface area contributed by atoms with Crippen molar-refractivity contribution in [3.63, 3.8) is 0 Å². The summed E-state index contributed by atoms with van der Waals surface area (Å²) in [4.78, 5) is 18.1. The van der Waals surface area contributed by atoms with Gasteiger partial charge in [0.25, 0.3) is 5.91 Å². The summed E-state index contributed by atoms with van der Waals surface area (Å²) in [5, 5.41) is 0.982. The first-order valence-electron chi connectivity index (χ1n) is 5.73. The third-order valence-corrected chi connectivity index (χ3v) is 4.45. The molecular weight excluding hydrogens is 256 g/mol. The fourth-order valence-electron chi connectivity index (χ4n) is 1.84. The van der Waals surface area contributed by atoms with E-state index >= 15 is 0 Å². The Kier molecular flexibility index (Phi) is 4.29. The summed E-state index contributed by atoms with van der Waals surface area (Å²) in [7, 11) is 0. The maximum Gasteiger partial charge on any atom is 0.255 e. The lowest BCUT2D eigenvalue weighted by molar-refractivity contribution is 0.0760. The number of carbonyl (C=O) groups is 1. The second-order valence-corrected chi connectivity index (χ2v) is 5.82. The zero-order chi connectivity index (χ0) is 12.3. The number of halogens is 1. The number of pyridine rings is 1. The molecule has 1 aliphatic rings. The van der Waals surface area contributed by atoms with Gasteiger partial charge in [0.05, 0.1) is 5.56 Å². The lowest BCUT2D eigenvalue weighted by Gasteiger charge is -2.31. The largest absolute Gasteiger partial charge is 0.337 e. The van der Waals surface area contributed by atoms with E-state index in [1.807, 2.05) is 16.7 Å². The van der Waals surface area contributed by atoms with E-state index < -0.39 is 0 Å². The van der Waals surface area contributed by atoms with Gasteiger partial charge in [-0.25, -0.2) is 4.98 Å². The molecule has 2 heterocycles. The van der Waals surface area contributed by atoms with Crippen molar-refractivity contribution in [3.8, 4) is 0 Å². The van der Waals surface area contributed by atoms with Crippen LogP contribution in [0.5, 0.6) is 0 Å². The van der Waals surface area contributed by atoms with Gasteiger partial charge in [0.2, 0.25) is 0 Å². The van der Waals surface area contributed by atoms with Crippen LogP contribution in [0.4, 0.5) is 0 Å². The summed E-state index contributed by atoms with van der Waals surface area (Å²) in [6.45, 7) is 3.82. The molecule has 1 aromatic rings. The zero-order valence-corrected chi connectivity index (χ0v) is 11.3. The number of hydrogen-bond donors (Lipinski definition) is 0. The topological polar surface area (TPSA) is 33.2 Å². The Balaban J connectivity index is 2.06. The van der Waals surface area contributed by atoms with Crippen LogP contribution in [0.25, 0.3) is 0 Å². The molecule has 0 aliphatic carbocycles. The molecule has 5 heteroatoms. The van der Waals surface area contributed by atoms with E-state index in [2.05, 4.69) is 11.9 Å². The van der Waals surface area contributed by atoms with Gasteiger partial charge >= 0.3 is 0 Å². The molecule has 0 radical (unpaired) electrons. The van der Waals surface area contributed by atoms with Crippen molar-refractivity contribution in [2.75, 3.05) is 18.8 Å². The fourth-order valence-corrected chi connectivity index (χ4v) is 3.13. The highest BCUT2D eigenvalue weighted by atomic mass is 35.5. The molecule has 1 fully saturated rings. The van der Waals surface area contributed by atoms with E-state index in [0.717, 1.165) is 25.3 Å². The molecular formula is C12H15ClN2OS. The van der Waals surface area contributed by atoms with E-state index in [1.165, 1.54) is 0 Å². The van der Waals surface area contributed by atoms with Gasteiger partial charge in [0, 0.05) is 30.3 Å². The maximum absolute atomic E-state index is 12.2. The summed E-state index contributed by atoms with van der Waals surface area (Å²) in [6.07, 6.45) is 2.65. The second-order valence-electron chi connectivity index (χ2n) is 4.02. The van der Waals surface area contributed by atoms with Crippen LogP contribution in [-0.4, -0.2) is 39.9 Å². The average Bonchev–Trinajstić information content (AvgIpc) is 2.39. The molecule has 1 unspecified atom stereocenters. The second kappa shape index (κ2) is 5.74. The Hall–Kier alpha value is -0.740. The summed E-state index contributed by atoms with van der Waals surface area (Å²) in [6, 6.07) is 3.39. The quantitative estimate of drug-likeness (QED) is 0.775. The molecule has 0 bridgehead atoms. The Bertz CT molecular complexity index is 396. The lowest BCUT2D eigenvalue weighted by Crippen LogP contribution is -2.41. The van der Waals surface area contributed by atoms with E-state index in [-0.39, 0.29) is 5.91 Å². The van der Waals surface area contributed by atoms with Crippen LogP contribution in [0.3, 0.4) is 0 Å². The highest BCUT2D eigenvalue weighted by Crippen LogP contribution is 2.22. The van der Waals surface area contributed by atoms with Crippen molar-refractivity contribution in [3.05, 3.63) is 29.0 Å². The molecule has 0 aromatic carbocycles. The summed E-state index contributed by atoms with van der Waals surface area (Å²) >= 11 is 7.66. The summed E-state index contributed by atoms with van der Waals surface area (Å²) in [5.41, 5.74) is 0.621. The summed E-state index contributed by atoms with van der Waals surface area (Å²) < 4.78 is 0. The normalized spacial score (nSPS) is 20.4. The molecule has 1 saturated heterocycles. The number of carbonyl (C=O) groups excluding carboxylic acids is 1. The fraction of sp³-hybridized carbons (Fsp3) is 0.500. The zero-order valence-electron chi connectivity index (χ0n) is 9.73. The minimum Gasteiger partial charge on any atom is -0.337 e. The first kappa shape index (κ1) is 12.7. The first-order valence-corrected chi connectivity index (χ1v) is 7.16. The molecule has 1 atom stereocenters. The van der Waals surface area contributed by atoms with Crippen LogP contribution in [0.1, 0.15) is 23.7 Å². The van der Waals surface area contributed by atoms with Crippen LogP contribution in [0.15, 0.2) is 18.3 Å². The predicted molar refractivity (Wildman–Crippen MR) is 71.7 cm³/mol. The monoisotopic (exact) mass is 270 g/mol. The molecule has 1 amide bonds. The van der Waals surface area contributed by atoms with E-state index in [9.17, 15) is 4.79 Å². The molecule has 1 aliphatic heterocycles. The lowest BCUT2D eigenvalue weighted by atomic mass is 10.2. The van der Waals surface area contributed by atoms with Gasteiger partial charge in [-0.3, -0.25) is 4.79 Å². The molecule has 3 nitrogen and oxygen atoms in total. The van der Waals surface area contributed by atoms with Gasteiger partial charge in [-0.2, -0.15) is 11.8 Å². The molecule has 1 aromatic heterocycles. The summed E-state index contributed by atoms with van der Waals surface area (Å²) in [5.74, 6) is 1.08. The van der Waals surface area contributed by atoms with Crippen molar-refractivity contribution in [1.82, 2.24) is 9.88 Å². The van der Waals surface area contributed by atoms with Gasteiger partial charge in [-0.1, -0.05) is 18.5 Å². The highest BCUT2D eigenvalue weighted by Gasteiger charge is 2.23. The molecule has 92 valence electrons. The van der Waals surface area contributed by atoms with Crippen LogP contribution in [0.2, 0.25) is 5.15 Å². The standard InChI is InChI=1S/C12H15ClN2OS/c1-2-10-8-15(5-6-17-10)12(16)9-3-4-11(13)14-7-9/h3-4,7,10H,2,5-6,8H2,1H3. The predicted octanol–water partition coefficient (Wildman–Crippen LogP) is 2.70. The van der Waals surface area contributed by atoms with Crippen molar-refractivity contribution in [1.29, 1.82) is 0 Å². The van der Waals surface area contributed by atoms with Crippen LogP contribution in [0, 0.1) is 0 Å². The van der Waals surface area contributed by atoms with Gasteiger partial charge in [0.15, 0.2) is 0 Å². The Morgan fingerprint density at radius 2 is 2.47 bits per heavy atom. The highest BCUT2D eigenvalue weighted by molar-refractivity contribution is 8.00. The number of rotatable bonds is 2. The Morgan fingerprint density at radius 3 is 3.12 bits per heavy atom. The van der Waals surface area contributed by atoms with Crippen molar-refractivity contribution in [2.24, 2.45) is 0 Å². The smallest absolute Gasteiger partial charge is 0.255 e. The van der Waals surface area contributed by atoms with Gasteiger partial charge in [-0.05, 0) is 18.6 Å². The van der Waals surface area contributed by atoms with Crippen LogP contribution < -0.4 is 0 Å². The first-order chi connectivity index (χ1) is 8.20. The number of aromatic nitrogens is 1. The van der Waals surface area contributed by atoms with E-state index in [1.54, 1.807) is 18.3 Å².